The Labute approximate surface area is 168 Å². The fourth-order valence-electron chi connectivity index (χ4n) is 2.90. The van der Waals surface area contributed by atoms with Crippen LogP contribution < -0.4 is 5.32 Å². The standard InChI is InChI=1S/C22H22N2O3S/c1-3-27-22(26)19-15(2)23-21(20(19)16-10-6-4-7-11-16)28-14-18(25)24-17-12-8-5-9-13-17/h4-13,23H,3,14H2,1-2H3,(H,24,25). The predicted octanol–water partition coefficient (Wildman–Crippen LogP) is 4.90. The lowest BCUT2D eigenvalue weighted by molar-refractivity contribution is -0.113. The van der Waals surface area contributed by atoms with Crippen LogP contribution in [0.4, 0.5) is 5.69 Å². The summed E-state index contributed by atoms with van der Waals surface area (Å²) in [5.74, 6) is -0.257. The monoisotopic (exact) mass is 394 g/mol. The number of H-pyrrole nitrogens is 1. The van der Waals surface area contributed by atoms with Gasteiger partial charge in [-0.2, -0.15) is 0 Å². The van der Waals surface area contributed by atoms with E-state index in [1.165, 1.54) is 11.8 Å². The second-order valence-electron chi connectivity index (χ2n) is 6.12. The molecule has 0 saturated heterocycles. The summed E-state index contributed by atoms with van der Waals surface area (Å²) in [4.78, 5) is 28.1. The number of hydrogen-bond donors (Lipinski definition) is 2. The quantitative estimate of drug-likeness (QED) is 0.442. The van der Waals surface area contributed by atoms with Crippen LogP contribution in [0.2, 0.25) is 0 Å². The summed E-state index contributed by atoms with van der Waals surface area (Å²) in [6, 6.07) is 19.0. The molecule has 28 heavy (non-hydrogen) atoms. The molecule has 0 bridgehead atoms. The number of benzene rings is 2. The Bertz CT molecular complexity index is 953. The zero-order valence-electron chi connectivity index (χ0n) is 15.8. The maximum atomic E-state index is 12.5. The highest BCUT2D eigenvalue weighted by molar-refractivity contribution is 8.00. The van der Waals surface area contributed by atoms with Crippen molar-refractivity contribution in [2.24, 2.45) is 0 Å². The molecule has 1 heterocycles. The number of thioether (sulfide) groups is 1. The zero-order valence-corrected chi connectivity index (χ0v) is 16.6. The number of carbonyl (C=O) groups excluding carboxylic acids is 2. The number of amides is 1. The molecule has 0 radical (unpaired) electrons. The van der Waals surface area contributed by atoms with Gasteiger partial charge >= 0.3 is 5.97 Å². The van der Waals surface area contributed by atoms with E-state index in [1.807, 2.05) is 67.6 Å². The first-order valence-electron chi connectivity index (χ1n) is 9.03. The number of aromatic amines is 1. The average Bonchev–Trinajstić information content (AvgIpc) is 3.04. The Morgan fingerprint density at radius 3 is 2.32 bits per heavy atom. The molecule has 3 aromatic rings. The van der Waals surface area contributed by atoms with E-state index in [0.29, 0.717) is 12.2 Å². The van der Waals surface area contributed by atoms with E-state index in [4.69, 9.17) is 4.74 Å². The Balaban J connectivity index is 1.85. The van der Waals surface area contributed by atoms with Crippen molar-refractivity contribution < 1.29 is 14.3 Å². The van der Waals surface area contributed by atoms with Gasteiger partial charge in [0, 0.05) is 16.9 Å². The molecule has 0 unspecified atom stereocenters. The molecule has 1 amide bonds. The Morgan fingerprint density at radius 1 is 1.04 bits per heavy atom. The van der Waals surface area contributed by atoms with Crippen molar-refractivity contribution in [1.82, 2.24) is 4.98 Å². The molecule has 0 fully saturated rings. The van der Waals surface area contributed by atoms with E-state index >= 15 is 0 Å². The highest BCUT2D eigenvalue weighted by Gasteiger charge is 2.24. The van der Waals surface area contributed by atoms with Gasteiger partial charge in [-0.1, -0.05) is 60.3 Å². The summed E-state index contributed by atoms with van der Waals surface area (Å²) in [7, 11) is 0. The number of rotatable bonds is 7. The Kier molecular flexibility index (Phi) is 6.55. The fourth-order valence-corrected chi connectivity index (χ4v) is 3.84. The molecule has 0 aliphatic carbocycles. The minimum Gasteiger partial charge on any atom is -0.462 e. The second-order valence-corrected chi connectivity index (χ2v) is 7.10. The number of aromatic nitrogens is 1. The minimum absolute atomic E-state index is 0.111. The van der Waals surface area contributed by atoms with Crippen molar-refractivity contribution in [2.45, 2.75) is 18.9 Å². The van der Waals surface area contributed by atoms with Gasteiger partial charge in [-0.3, -0.25) is 4.79 Å². The lowest BCUT2D eigenvalue weighted by Gasteiger charge is -2.08. The molecule has 2 N–H and O–H groups in total. The summed E-state index contributed by atoms with van der Waals surface area (Å²) < 4.78 is 5.24. The number of hydrogen-bond acceptors (Lipinski definition) is 4. The fraction of sp³-hybridized carbons (Fsp3) is 0.182. The molecule has 2 aromatic carbocycles. The van der Waals surface area contributed by atoms with Gasteiger partial charge in [0.05, 0.1) is 22.9 Å². The van der Waals surface area contributed by atoms with Crippen LogP contribution in [-0.4, -0.2) is 29.2 Å². The molecule has 0 aliphatic heterocycles. The van der Waals surface area contributed by atoms with Crippen LogP contribution in [0.25, 0.3) is 11.1 Å². The zero-order chi connectivity index (χ0) is 19.9. The molecule has 144 valence electrons. The molecule has 0 spiro atoms. The van der Waals surface area contributed by atoms with Crippen LogP contribution in [-0.2, 0) is 9.53 Å². The molecule has 1 aromatic heterocycles. The van der Waals surface area contributed by atoms with Crippen LogP contribution in [0.5, 0.6) is 0 Å². The largest absolute Gasteiger partial charge is 0.462 e. The van der Waals surface area contributed by atoms with Crippen molar-refractivity contribution in [3.8, 4) is 11.1 Å². The van der Waals surface area contributed by atoms with E-state index in [9.17, 15) is 9.59 Å². The molecule has 0 saturated carbocycles. The van der Waals surface area contributed by atoms with Crippen LogP contribution >= 0.6 is 11.8 Å². The summed E-state index contributed by atoms with van der Waals surface area (Å²) in [6.07, 6.45) is 0. The number of nitrogens with one attached hydrogen (secondary N) is 2. The van der Waals surface area contributed by atoms with E-state index in [1.54, 1.807) is 6.92 Å². The normalized spacial score (nSPS) is 10.5. The van der Waals surface area contributed by atoms with E-state index in [2.05, 4.69) is 10.3 Å². The van der Waals surface area contributed by atoms with Gasteiger partial charge in [-0.15, -0.1) is 0 Å². The lowest BCUT2D eigenvalue weighted by Crippen LogP contribution is -2.13. The van der Waals surface area contributed by atoms with Crippen molar-refractivity contribution in [1.29, 1.82) is 0 Å². The topological polar surface area (TPSA) is 71.2 Å². The summed E-state index contributed by atoms with van der Waals surface area (Å²) in [5, 5.41) is 3.64. The van der Waals surface area contributed by atoms with Gasteiger partial charge in [0.1, 0.15) is 0 Å². The highest BCUT2D eigenvalue weighted by Crippen LogP contribution is 2.36. The molecule has 0 aliphatic rings. The van der Waals surface area contributed by atoms with Crippen molar-refractivity contribution in [3.63, 3.8) is 0 Å². The molecular weight excluding hydrogens is 372 g/mol. The number of ether oxygens (including phenoxy) is 1. The SMILES string of the molecule is CCOC(=O)c1c(C)[nH]c(SCC(=O)Nc2ccccc2)c1-c1ccccc1. The predicted molar refractivity (Wildman–Crippen MR) is 113 cm³/mol. The third kappa shape index (κ3) is 4.64. The number of carbonyl (C=O) groups is 2. The number of esters is 1. The minimum atomic E-state index is -0.365. The summed E-state index contributed by atoms with van der Waals surface area (Å²) in [5.41, 5.74) is 3.67. The molecule has 6 heteroatoms. The smallest absolute Gasteiger partial charge is 0.340 e. The highest BCUT2D eigenvalue weighted by atomic mass is 32.2. The summed E-state index contributed by atoms with van der Waals surface area (Å²) in [6.45, 7) is 3.93. The van der Waals surface area contributed by atoms with Crippen LogP contribution in [0.3, 0.4) is 0 Å². The van der Waals surface area contributed by atoms with Crippen LogP contribution in [0, 0.1) is 6.92 Å². The first kappa shape index (κ1) is 19.8. The van der Waals surface area contributed by atoms with Gasteiger partial charge in [0.15, 0.2) is 0 Å². The van der Waals surface area contributed by atoms with Gasteiger partial charge in [-0.05, 0) is 31.5 Å². The average molecular weight is 394 g/mol. The maximum absolute atomic E-state index is 12.5. The van der Waals surface area contributed by atoms with Gasteiger partial charge in [0.25, 0.3) is 0 Å². The van der Waals surface area contributed by atoms with Crippen molar-refractivity contribution in [2.75, 3.05) is 17.7 Å². The molecule has 5 nitrogen and oxygen atoms in total. The number of para-hydroxylation sites is 1. The van der Waals surface area contributed by atoms with Gasteiger partial charge in [-0.25, -0.2) is 4.79 Å². The summed E-state index contributed by atoms with van der Waals surface area (Å²) >= 11 is 1.36. The first-order chi connectivity index (χ1) is 13.6. The van der Waals surface area contributed by atoms with Crippen LogP contribution in [0.1, 0.15) is 23.0 Å². The maximum Gasteiger partial charge on any atom is 0.340 e. The van der Waals surface area contributed by atoms with Crippen molar-refractivity contribution >= 4 is 29.3 Å². The van der Waals surface area contributed by atoms with E-state index in [-0.39, 0.29) is 17.6 Å². The third-order valence-electron chi connectivity index (χ3n) is 4.10. The Morgan fingerprint density at radius 2 is 1.68 bits per heavy atom. The van der Waals surface area contributed by atoms with Crippen LogP contribution in [0.15, 0.2) is 65.7 Å². The number of anilines is 1. The third-order valence-corrected chi connectivity index (χ3v) is 5.10. The van der Waals surface area contributed by atoms with E-state index in [0.717, 1.165) is 27.5 Å². The number of aryl methyl sites for hydroxylation is 1. The second kappa shape index (κ2) is 9.28. The van der Waals surface area contributed by atoms with Crippen molar-refractivity contribution in [3.05, 3.63) is 71.9 Å². The van der Waals surface area contributed by atoms with Gasteiger partial charge in [0.2, 0.25) is 5.91 Å². The first-order valence-corrected chi connectivity index (χ1v) is 10.0. The van der Waals surface area contributed by atoms with Gasteiger partial charge < -0.3 is 15.0 Å². The molecule has 0 atom stereocenters. The Hall–Kier alpha value is -2.99. The lowest BCUT2D eigenvalue weighted by atomic mass is 10.0. The van der Waals surface area contributed by atoms with E-state index < -0.39 is 0 Å². The molecule has 3 rings (SSSR count). The molecular formula is C22H22N2O3S.